The van der Waals surface area contributed by atoms with Gasteiger partial charge in [-0.15, -0.1) is 0 Å². The van der Waals surface area contributed by atoms with Crippen LogP contribution in [0.3, 0.4) is 0 Å². The number of rotatable bonds is 7. The van der Waals surface area contributed by atoms with Gasteiger partial charge in [-0.25, -0.2) is 4.39 Å². The van der Waals surface area contributed by atoms with Crippen LogP contribution in [0.25, 0.3) is 0 Å². The van der Waals surface area contributed by atoms with Gasteiger partial charge in [0, 0.05) is 12.0 Å². The second-order valence-corrected chi connectivity index (χ2v) is 6.64. The predicted molar refractivity (Wildman–Crippen MR) is 90.4 cm³/mol. The number of piperidine rings is 1. The highest BCUT2D eigenvalue weighted by Crippen LogP contribution is 2.20. The summed E-state index contributed by atoms with van der Waals surface area (Å²) >= 11 is 0. The van der Waals surface area contributed by atoms with E-state index in [-0.39, 0.29) is 29.6 Å². The predicted octanol–water partition coefficient (Wildman–Crippen LogP) is 3.45. The van der Waals surface area contributed by atoms with Crippen molar-refractivity contribution in [2.75, 3.05) is 19.6 Å². The van der Waals surface area contributed by atoms with Crippen LogP contribution in [0.4, 0.5) is 4.39 Å². The van der Waals surface area contributed by atoms with Gasteiger partial charge < -0.3 is 9.64 Å². The second kappa shape index (κ2) is 8.92. The zero-order chi connectivity index (χ0) is 17.5. The summed E-state index contributed by atoms with van der Waals surface area (Å²) in [5.74, 6) is -0.364. The molecule has 0 N–H and O–H groups in total. The van der Waals surface area contributed by atoms with Crippen LogP contribution in [-0.2, 0) is 9.53 Å². The first kappa shape index (κ1) is 18.6. The first-order chi connectivity index (χ1) is 11.5. The molecule has 0 saturated carbocycles. The van der Waals surface area contributed by atoms with Crippen LogP contribution in [0.1, 0.15) is 49.9 Å². The maximum atomic E-state index is 12.9. The number of Topliss-reactive ketones (excluding diaryl/α,β-unsaturated/α-hetero) is 1. The van der Waals surface area contributed by atoms with Gasteiger partial charge in [0.1, 0.15) is 5.82 Å². The Labute approximate surface area is 143 Å². The zero-order valence-electron chi connectivity index (χ0n) is 14.5. The smallest absolute Gasteiger partial charge is 0.309 e. The van der Waals surface area contributed by atoms with Crippen molar-refractivity contribution in [1.29, 1.82) is 0 Å². The third-order valence-corrected chi connectivity index (χ3v) is 4.32. The molecule has 5 heteroatoms. The Morgan fingerprint density at radius 2 is 1.83 bits per heavy atom. The van der Waals surface area contributed by atoms with Crippen LogP contribution in [-0.4, -0.2) is 42.4 Å². The third-order valence-electron chi connectivity index (χ3n) is 4.32. The zero-order valence-corrected chi connectivity index (χ0v) is 14.5. The molecule has 1 heterocycles. The van der Waals surface area contributed by atoms with Crippen molar-refractivity contribution >= 4 is 11.8 Å². The molecule has 1 aromatic rings. The van der Waals surface area contributed by atoms with Crippen LogP contribution < -0.4 is 0 Å². The minimum absolute atomic E-state index is 0.00416. The molecule has 0 aliphatic carbocycles. The number of halogens is 1. The summed E-state index contributed by atoms with van der Waals surface area (Å²) in [5.41, 5.74) is 0.562. The van der Waals surface area contributed by atoms with Crippen LogP contribution in [0, 0.1) is 11.7 Å². The van der Waals surface area contributed by atoms with Crippen molar-refractivity contribution in [2.45, 2.75) is 45.6 Å². The van der Waals surface area contributed by atoms with Gasteiger partial charge in [-0.3, -0.25) is 9.59 Å². The fourth-order valence-electron chi connectivity index (χ4n) is 2.96. The van der Waals surface area contributed by atoms with E-state index in [0.29, 0.717) is 12.0 Å². The molecule has 1 saturated heterocycles. The van der Waals surface area contributed by atoms with Crippen molar-refractivity contribution in [3.8, 4) is 0 Å². The Balaban J connectivity index is 1.66. The number of carbonyl (C=O) groups excluding carboxylic acids is 2. The number of ether oxygens (including phenoxy) is 1. The van der Waals surface area contributed by atoms with Crippen LogP contribution in [0.15, 0.2) is 24.3 Å². The SMILES string of the molecule is CC(C)OC(=O)C1CCN(CCCC(=O)c2ccc(F)cc2)CC1. The highest BCUT2D eigenvalue weighted by Gasteiger charge is 2.26. The first-order valence-corrected chi connectivity index (χ1v) is 8.67. The van der Waals surface area contributed by atoms with E-state index in [1.54, 1.807) is 0 Å². The van der Waals surface area contributed by atoms with Gasteiger partial charge in [0.05, 0.1) is 12.0 Å². The van der Waals surface area contributed by atoms with Crippen LogP contribution in [0.2, 0.25) is 0 Å². The molecule has 132 valence electrons. The van der Waals surface area contributed by atoms with Crippen molar-refractivity contribution < 1.29 is 18.7 Å². The van der Waals surface area contributed by atoms with Gasteiger partial charge in [0.15, 0.2) is 5.78 Å². The van der Waals surface area contributed by atoms with Crippen molar-refractivity contribution in [1.82, 2.24) is 4.90 Å². The molecule has 1 aliphatic heterocycles. The van der Waals surface area contributed by atoms with Crippen molar-refractivity contribution in [3.63, 3.8) is 0 Å². The molecule has 2 rings (SSSR count). The average Bonchev–Trinajstić information content (AvgIpc) is 2.55. The maximum Gasteiger partial charge on any atom is 0.309 e. The number of benzene rings is 1. The molecule has 1 aliphatic rings. The molecule has 0 radical (unpaired) electrons. The normalized spacial score (nSPS) is 16.3. The summed E-state index contributed by atoms with van der Waals surface area (Å²) in [5, 5.41) is 0. The molecule has 0 atom stereocenters. The van der Waals surface area contributed by atoms with Crippen LogP contribution in [0.5, 0.6) is 0 Å². The molecule has 1 fully saturated rings. The Bertz CT molecular complexity index is 548. The average molecular weight is 335 g/mol. The largest absolute Gasteiger partial charge is 0.463 e. The molecule has 0 aromatic heterocycles. The van der Waals surface area contributed by atoms with Gasteiger partial charge in [0.25, 0.3) is 0 Å². The lowest BCUT2D eigenvalue weighted by molar-refractivity contribution is -0.154. The molecule has 4 nitrogen and oxygen atoms in total. The van der Waals surface area contributed by atoms with E-state index in [0.717, 1.165) is 38.9 Å². The van der Waals surface area contributed by atoms with E-state index < -0.39 is 0 Å². The van der Waals surface area contributed by atoms with Gasteiger partial charge in [-0.1, -0.05) is 0 Å². The van der Waals surface area contributed by atoms with E-state index in [1.165, 1.54) is 24.3 Å². The molecule has 24 heavy (non-hydrogen) atoms. The summed E-state index contributed by atoms with van der Waals surface area (Å²) in [6, 6.07) is 5.69. The Hall–Kier alpha value is -1.75. The second-order valence-electron chi connectivity index (χ2n) is 6.64. The number of nitrogens with zero attached hydrogens (tertiary/aromatic N) is 1. The van der Waals surface area contributed by atoms with E-state index in [9.17, 15) is 14.0 Å². The number of hydrogen-bond donors (Lipinski definition) is 0. The highest BCUT2D eigenvalue weighted by atomic mass is 19.1. The summed E-state index contributed by atoms with van der Waals surface area (Å²) in [4.78, 5) is 26.2. The fourth-order valence-corrected chi connectivity index (χ4v) is 2.96. The maximum absolute atomic E-state index is 12.9. The quantitative estimate of drug-likeness (QED) is 0.565. The fraction of sp³-hybridized carbons (Fsp3) is 0.579. The molecule has 0 amide bonds. The van der Waals surface area contributed by atoms with E-state index in [2.05, 4.69) is 4.90 Å². The summed E-state index contributed by atoms with van der Waals surface area (Å²) < 4.78 is 18.1. The van der Waals surface area contributed by atoms with E-state index in [4.69, 9.17) is 4.74 Å². The van der Waals surface area contributed by atoms with Crippen LogP contribution >= 0.6 is 0 Å². The highest BCUT2D eigenvalue weighted by molar-refractivity contribution is 5.95. The van der Waals surface area contributed by atoms with E-state index in [1.807, 2.05) is 13.8 Å². The summed E-state index contributed by atoms with van der Waals surface area (Å²) in [6.45, 7) is 6.31. The van der Waals surface area contributed by atoms with Gasteiger partial charge >= 0.3 is 5.97 Å². The summed E-state index contributed by atoms with van der Waals surface area (Å²) in [7, 11) is 0. The van der Waals surface area contributed by atoms with Crippen molar-refractivity contribution in [3.05, 3.63) is 35.6 Å². The molecular weight excluding hydrogens is 309 g/mol. The Kier molecular flexibility index (Phi) is 6.91. The lowest BCUT2D eigenvalue weighted by Crippen LogP contribution is -2.38. The molecule has 0 unspecified atom stereocenters. The lowest BCUT2D eigenvalue weighted by atomic mass is 9.96. The Morgan fingerprint density at radius 1 is 1.21 bits per heavy atom. The number of ketones is 1. The lowest BCUT2D eigenvalue weighted by Gasteiger charge is -2.31. The monoisotopic (exact) mass is 335 g/mol. The van der Waals surface area contributed by atoms with Gasteiger partial charge in [-0.05, 0) is 77.0 Å². The molecule has 0 spiro atoms. The molecule has 1 aromatic carbocycles. The molecular formula is C19H26FNO3. The number of esters is 1. The van der Waals surface area contributed by atoms with E-state index >= 15 is 0 Å². The first-order valence-electron chi connectivity index (χ1n) is 8.67. The minimum Gasteiger partial charge on any atom is -0.463 e. The van der Waals surface area contributed by atoms with Crippen molar-refractivity contribution in [2.24, 2.45) is 5.92 Å². The topological polar surface area (TPSA) is 46.6 Å². The Morgan fingerprint density at radius 3 is 2.42 bits per heavy atom. The van der Waals surface area contributed by atoms with Gasteiger partial charge in [0.2, 0.25) is 0 Å². The third kappa shape index (κ3) is 5.71. The number of hydrogen-bond acceptors (Lipinski definition) is 4. The number of likely N-dealkylation sites (tertiary alicyclic amines) is 1. The van der Waals surface area contributed by atoms with Gasteiger partial charge in [-0.2, -0.15) is 0 Å². The standard InChI is InChI=1S/C19H26FNO3/c1-14(2)24-19(23)16-9-12-21(13-10-16)11-3-4-18(22)15-5-7-17(20)8-6-15/h5-8,14,16H,3-4,9-13H2,1-2H3. The number of carbonyl (C=O) groups is 2. The molecule has 0 bridgehead atoms. The summed E-state index contributed by atoms with van der Waals surface area (Å²) in [6.07, 6.45) is 2.81. The minimum atomic E-state index is -0.328.